The summed E-state index contributed by atoms with van der Waals surface area (Å²) in [6.45, 7) is 9.38. The number of imidazole rings is 1. The van der Waals surface area contributed by atoms with Crippen molar-refractivity contribution in [1.29, 1.82) is 0 Å². The van der Waals surface area contributed by atoms with Crippen molar-refractivity contribution in [2.75, 3.05) is 0 Å². The van der Waals surface area contributed by atoms with Crippen molar-refractivity contribution in [2.24, 2.45) is 11.8 Å². The van der Waals surface area contributed by atoms with E-state index in [0.29, 0.717) is 5.92 Å². The van der Waals surface area contributed by atoms with Crippen LogP contribution in [0.5, 0.6) is 0 Å². The van der Waals surface area contributed by atoms with Crippen molar-refractivity contribution in [3.05, 3.63) is 18.2 Å². The molecular formula is C12H22N2O. The second kappa shape index (κ2) is 5.31. The van der Waals surface area contributed by atoms with Crippen LogP contribution in [-0.2, 0) is 6.54 Å². The molecule has 1 aromatic heterocycles. The van der Waals surface area contributed by atoms with Gasteiger partial charge in [0.05, 0.1) is 0 Å². The van der Waals surface area contributed by atoms with Crippen LogP contribution in [-0.4, -0.2) is 14.7 Å². The molecule has 0 spiro atoms. The number of aromatic nitrogens is 2. The maximum atomic E-state index is 10.2. The van der Waals surface area contributed by atoms with E-state index < -0.39 is 6.10 Å². The van der Waals surface area contributed by atoms with Crippen LogP contribution in [0.4, 0.5) is 0 Å². The van der Waals surface area contributed by atoms with Crippen molar-refractivity contribution in [3.8, 4) is 0 Å². The topological polar surface area (TPSA) is 38.0 Å². The van der Waals surface area contributed by atoms with Gasteiger partial charge in [0.25, 0.3) is 0 Å². The van der Waals surface area contributed by atoms with Crippen LogP contribution in [0.1, 0.15) is 46.0 Å². The molecule has 0 bridgehead atoms. The molecule has 0 aliphatic rings. The Balaban J connectivity index is 2.80. The van der Waals surface area contributed by atoms with Crippen molar-refractivity contribution < 1.29 is 5.11 Å². The predicted octanol–water partition coefficient (Wildman–Crippen LogP) is 2.62. The molecule has 1 heterocycles. The van der Waals surface area contributed by atoms with Crippen molar-refractivity contribution in [2.45, 2.75) is 46.8 Å². The standard InChI is InChI=1S/C12H22N2O/c1-5-7-14-8-6-13-12(14)11(15)10(4)9(2)3/h6,8-11,15H,5,7H2,1-4H3. The Hall–Kier alpha value is -0.830. The molecule has 2 atom stereocenters. The Morgan fingerprint density at radius 2 is 2.07 bits per heavy atom. The largest absolute Gasteiger partial charge is 0.385 e. The maximum Gasteiger partial charge on any atom is 0.137 e. The lowest BCUT2D eigenvalue weighted by atomic mass is 9.92. The van der Waals surface area contributed by atoms with Gasteiger partial charge >= 0.3 is 0 Å². The van der Waals surface area contributed by atoms with Gasteiger partial charge < -0.3 is 9.67 Å². The highest BCUT2D eigenvalue weighted by Crippen LogP contribution is 2.26. The van der Waals surface area contributed by atoms with E-state index in [2.05, 4.69) is 32.7 Å². The minimum Gasteiger partial charge on any atom is -0.385 e. The summed E-state index contributed by atoms with van der Waals surface area (Å²) < 4.78 is 2.05. The number of hydrogen-bond acceptors (Lipinski definition) is 2. The fourth-order valence-corrected chi connectivity index (χ4v) is 1.62. The summed E-state index contributed by atoms with van der Waals surface area (Å²) in [5.74, 6) is 1.51. The van der Waals surface area contributed by atoms with Crippen LogP contribution in [0.3, 0.4) is 0 Å². The van der Waals surface area contributed by atoms with Gasteiger partial charge in [0.2, 0.25) is 0 Å². The second-order valence-electron chi connectivity index (χ2n) is 4.53. The molecule has 3 nitrogen and oxygen atoms in total. The zero-order chi connectivity index (χ0) is 11.4. The molecule has 86 valence electrons. The molecule has 0 radical (unpaired) electrons. The van der Waals surface area contributed by atoms with Gasteiger partial charge in [-0.15, -0.1) is 0 Å². The lowest BCUT2D eigenvalue weighted by Gasteiger charge is -2.22. The zero-order valence-electron chi connectivity index (χ0n) is 10.1. The third kappa shape index (κ3) is 2.81. The molecule has 3 heteroatoms. The first kappa shape index (κ1) is 12.2. The summed E-state index contributed by atoms with van der Waals surface area (Å²) in [4.78, 5) is 4.25. The summed E-state index contributed by atoms with van der Waals surface area (Å²) in [6, 6.07) is 0. The molecule has 0 saturated heterocycles. The molecule has 0 saturated carbocycles. The van der Waals surface area contributed by atoms with Crippen molar-refractivity contribution >= 4 is 0 Å². The number of nitrogens with zero attached hydrogens (tertiary/aromatic N) is 2. The van der Waals surface area contributed by atoms with Gasteiger partial charge in [-0.05, 0) is 18.3 Å². The van der Waals surface area contributed by atoms with Crippen LogP contribution in [0, 0.1) is 11.8 Å². The lowest BCUT2D eigenvalue weighted by Crippen LogP contribution is -2.19. The van der Waals surface area contributed by atoms with Crippen LogP contribution in [0.25, 0.3) is 0 Å². The SMILES string of the molecule is CCCn1ccnc1C(O)C(C)C(C)C. The van der Waals surface area contributed by atoms with Gasteiger partial charge in [-0.3, -0.25) is 0 Å². The predicted molar refractivity (Wildman–Crippen MR) is 61.5 cm³/mol. The number of aliphatic hydroxyl groups excluding tert-OH is 1. The quantitative estimate of drug-likeness (QED) is 0.811. The molecule has 1 N–H and O–H groups in total. The summed E-state index contributed by atoms with van der Waals surface area (Å²) >= 11 is 0. The van der Waals surface area contributed by atoms with E-state index >= 15 is 0 Å². The van der Waals surface area contributed by atoms with Crippen LogP contribution in [0.15, 0.2) is 12.4 Å². The molecule has 1 aromatic rings. The highest BCUT2D eigenvalue weighted by atomic mass is 16.3. The van der Waals surface area contributed by atoms with Gasteiger partial charge in [-0.1, -0.05) is 27.7 Å². The number of aryl methyl sites for hydroxylation is 1. The molecule has 0 amide bonds. The first-order valence-corrected chi connectivity index (χ1v) is 5.77. The maximum absolute atomic E-state index is 10.2. The monoisotopic (exact) mass is 210 g/mol. The first-order chi connectivity index (χ1) is 7.07. The lowest BCUT2D eigenvalue weighted by molar-refractivity contribution is 0.0805. The Labute approximate surface area is 92.1 Å². The average molecular weight is 210 g/mol. The van der Waals surface area contributed by atoms with Crippen molar-refractivity contribution in [3.63, 3.8) is 0 Å². The Kier molecular flexibility index (Phi) is 4.33. The Morgan fingerprint density at radius 3 is 2.60 bits per heavy atom. The zero-order valence-corrected chi connectivity index (χ0v) is 10.1. The van der Waals surface area contributed by atoms with Crippen LogP contribution >= 0.6 is 0 Å². The minimum atomic E-state index is -0.452. The van der Waals surface area contributed by atoms with Crippen molar-refractivity contribution in [1.82, 2.24) is 9.55 Å². The molecule has 15 heavy (non-hydrogen) atoms. The molecule has 0 aliphatic carbocycles. The average Bonchev–Trinajstić information content (AvgIpc) is 2.64. The van der Waals surface area contributed by atoms with Gasteiger partial charge in [-0.2, -0.15) is 0 Å². The molecular weight excluding hydrogens is 188 g/mol. The first-order valence-electron chi connectivity index (χ1n) is 5.77. The molecule has 1 rings (SSSR count). The third-order valence-electron chi connectivity index (χ3n) is 3.03. The molecule has 0 aromatic carbocycles. The highest BCUT2D eigenvalue weighted by Gasteiger charge is 2.22. The summed E-state index contributed by atoms with van der Waals surface area (Å²) in [5.41, 5.74) is 0. The van der Waals surface area contributed by atoms with E-state index in [9.17, 15) is 5.11 Å². The summed E-state index contributed by atoms with van der Waals surface area (Å²) in [5, 5.41) is 10.2. The normalized spacial score (nSPS) is 15.6. The van der Waals surface area contributed by atoms with Gasteiger partial charge in [0, 0.05) is 18.9 Å². The molecule has 2 unspecified atom stereocenters. The van der Waals surface area contributed by atoms with Crippen LogP contribution in [0.2, 0.25) is 0 Å². The van der Waals surface area contributed by atoms with E-state index in [0.717, 1.165) is 18.8 Å². The fraction of sp³-hybridized carbons (Fsp3) is 0.750. The van der Waals surface area contributed by atoms with Gasteiger partial charge in [0.1, 0.15) is 11.9 Å². The number of rotatable bonds is 5. The fourth-order valence-electron chi connectivity index (χ4n) is 1.62. The summed E-state index contributed by atoms with van der Waals surface area (Å²) in [6.07, 6.45) is 4.31. The minimum absolute atomic E-state index is 0.239. The molecule has 0 aliphatic heterocycles. The van der Waals surface area contributed by atoms with Crippen LogP contribution < -0.4 is 0 Å². The number of hydrogen-bond donors (Lipinski definition) is 1. The molecule has 0 fully saturated rings. The van der Waals surface area contributed by atoms with Gasteiger partial charge in [0.15, 0.2) is 0 Å². The highest BCUT2D eigenvalue weighted by molar-refractivity contribution is 4.98. The van der Waals surface area contributed by atoms with E-state index in [-0.39, 0.29) is 5.92 Å². The van der Waals surface area contributed by atoms with E-state index in [4.69, 9.17) is 0 Å². The van der Waals surface area contributed by atoms with E-state index in [1.165, 1.54) is 0 Å². The third-order valence-corrected chi connectivity index (χ3v) is 3.03. The second-order valence-corrected chi connectivity index (χ2v) is 4.53. The van der Waals surface area contributed by atoms with E-state index in [1.54, 1.807) is 6.20 Å². The number of aliphatic hydroxyl groups is 1. The smallest absolute Gasteiger partial charge is 0.137 e. The van der Waals surface area contributed by atoms with E-state index in [1.807, 2.05) is 10.8 Å². The van der Waals surface area contributed by atoms with Gasteiger partial charge in [-0.25, -0.2) is 4.98 Å². The summed E-state index contributed by atoms with van der Waals surface area (Å²) in [7, 11) is 0. The Morgan fingerprint density at radius 1 is 1.40 bits per heavy atom. The Bertz CT molecular complexity index is 294.